The smallest absolute Gasteiger partial charge is 0.127 e. The van der Waals surface area contributed by atoms with Crippen molar-refractivity contribution in [1.82, 2.24) is 4.31 Å². The zero-order valence-corrected chi connectivity index (χ0v) is 8.84. The quantitative estimate of drug-likeness (QED) is 0.761. The second kappa shape index (κ2) is 4.37. The van der Waals surface area contributed by atoms with Crippen molar-refractivity contribution in [3.8, 4) is 0 Å². The molecule has 5 heteroatoms. The SMILES string of the molecule is O=S(c1ccc(F)cc1)N1CCC(F)C1. The lowest BCUT2D eigenvalue weighted by atomic mass is 10.4. The van der Waals surface area contributed by atoms with Crippen LogP contribution in [0.4, 0.5) is 8.78 Å². The molecule has 0 saturated carbocycles. The monoisotopic (exact) mass is 231 g/mol. The van der Waals surface area contributed by atoms with Crippen LogP contribution in [0.1, 0.15) is 6.42 Å². The Morgan fingerprint density at radius 2 is 2.00 bits per heavy atom. The van der Waals surface area contributed by atoms with Gasteiger partial charge in [0.1, 0.15) is 23.0 Å². The summed E-state index contributed by atoms with van der Waals surface area (Å²) in [7, 11) is -1.36. The van der Waals surface area contributed by atoms with E-state index in [1.807, 2.05) is 0 Å². The predicted molar refractivity (Wildman–Crippen MR) is 53.9 cm³/mol. The number of alkyl halides is 1. The molecule has 2 atom stereocenters. The van der Waals surface area contributed by atoms with Crippen LogP contribution >= 0.6 is 0 Å². The van der Waals surface area contributed by atoms with Crippen molar-refractivity contribution in [3.05, 3.63) is 30.1 Å². The van der Waals surface area contributed by atoms with Crippen LogP contribution < -0.4 is 0 Å². The Balaban J connectivity index is 2.11. The van der Waals surface area contributed by atoms with E-state index >= 15 is 0 Å². The number of rotatable bonds is 2. The molecule has 0 amide bonds. The van der Waals surface area contributed by atoms with E-state index in [4.69, 9.17) is 0 Å². The molecule has 15 heavy (non-hydrogen) atoms. The molecule has 0 N–H and O–H groups in total. The Labute approximate surface area is 89.5 Å². The van der Waals surface area contributed by atoms with Gasteiger partial charge in [-0.3, -0.25) is 0 Å². The zero-order valence-electron chi connectivity index (χ0n) is 8.03. The summed E-state index contributed by atoms with van der Waals surface area (Å²) in [6.07, 6.45) is -0.471. The van der Waals surface area contributed by atoms with Crippen LogP contribution in [0.5, 0.6) is 0 Å². The molecule has 1 aromatic rings. The molecule has 0 aromatic heterocycles. The average molecular weight is 231 g/mol. The van der Waals surface area contributed by atoms with Crippen LogP contribution in [0.2, 0.25) is 0 Å². The zero-order chi connectivity index (χ0) is 10.8. The first-order valence-corrected chi connectivity index (χ1v) is 5.84. The largest absolute Gasteiger partial charge is 0.246 e. The maximum atomic E-state index is 12.9. The summed E-state index contributed by atoms with van der Waals surface area (Å²) in [5, 5.41) is 0. The van der Waals surface area contributed by atoms with Crippen molar-refractivity contribution in [2.24, 2.45) is 0 Å². The standard InChI is InChI=1S/C10H11F2NOS/c11-8-1-3-10(4-2-8)15(14)13-6-5-9(12)7-13/h1-4,9H,5-7H2. The highest BCUT2D eigenvalue weighted by atomic mass is 32.2. The minimum Gasteiger partial charge on any atom is -0.246 e. The first-order chi connectivity index (χ1) is 7.16. The summed E-state index contributed by atoms with van der Waals surface area (Å²) in [5.74, 6) is -0.361. The molecule has 1 fully saturated rings. The van der Waals surface area contributed by atoms with Gasteiger partial charge < -0.3 is 0 Å². The molecule has 0 spiro atoms. The van der Waals surface area contributed by atoms with Crippen LogP contribution in [-0.2, 0) is 11.0 Å². The highest BCUT2D eigenvalue weighted by Crippen LogP contribution is 2.19. The van der Waals surface area contributed by atoms with Crippen molar-refractivity contribution in [2.75, 3.05) is 13.1 Å². The molecule has 1 aliphatic heterocycles. The molecular weight excluding hydrogens is 220 g/mol. The van der Waals surface area contributed by atoms with E-state index in [0.717, 1.165) is 0 Å². The van der Waals surface area contributed by atoms with Gasteiger partial charge in [-0.05, 0) is 30.7 Å². The van der Waals surface area contributed by atoms with Crippen molar-refractivity contribution in [3.63, 3.8) is 0 Å². The Bertz CT molecular complexity index is 368. The van der Waals surface area contributed by atoms with Gasteiger partial charge >= 0.3 is 0 Å². The molecule has 2 nitrogen and oxygen atoms in total. The topological polar surface area (TPSA) is 20.3 Å². The predicted octanol–water partition coefficient (Wildman–Crippen LogP) is 1.89. The lowest BCUT2D eigenvalue weighted by Gasteiger charge is -2.13. The molecule has 0 bridgehead atoms. The molecule has 2 rings (SSSR count). The van der Waals surface area contributed by atoms with E-state index < -0.39 is 17.2 Å². The fraction of sp³-hybridized carbons (Fsp3) is 0.400. The summed E-state index contributed by atoms with van der Waals surface area (Å²) in [6.45, 7) is 0.690. The van der Waals surface area contributed by atoms with E-state index in [2.05, 4.69) is 0 Å². The van der Waals surface area contributed by atoms with Crippen molar-refractivity contribution in [1.29, 1.82) is 0 Å². The van der Waals surface area contributed by atoms with Gasteiger partial charge in [0.05, 0.1) is 4.90 Å². The number of nitrogens with zero attached hydrogens (tertiary/aromatic N) is 1. The third kappa shape index (κ3) is 2.41. The molecule has 1 saturated heterocycles. The highest BCUT2D eigenvalue weighted by molar-refractivity contribution is 7.82. The van der Waals surface area contributed by atoms with Gasteiger partial charge in [0.15, 0.2) is 0 Å². The second-order valence-corrected chi connectivity index (χ2v) is 4.96. The summed E-state index contributed by atoms with van der Waals surface area (Å²) in [5.41, 5.74) is 0. The van der Waals surface area contributed by atoms with Crippen LogP contribution in [0.15, 0.2) is 29.2 Å². The summed E-state index contributed by atoms with van der Waals surface area (Å²) in [4.78, 5) is 0.519. The minimum atomic E-state index is -1.36. The molecular formula is C10H11F2NOS. The van der Waals surface area contributed by atoms with Gasteiger partial charge in [0, 0.05) is 13.1 Å². The normalized spacial score (nSPS) is 24.3. The van der Waals surface area contributed by atoms with Gasteiger partial charge in [-0.2, -0.15) is 0 Å². The van der Waals surface area contributed by atoms with Gasteiger partial charge in [-0.25, -0.2) is 17.3 Å². The Morgan fingerprint density at radius 1 is 1.33 bits per heavy atom. The second-order valence-electron chi connectivity index (χ2n) is 3.48. The molecule has 2 unspecified atom stereocenters. The van der Waals surface area contributed by atoms with Gasteiger partial charge in [0.25, 0.3) is 0 Å². The molecule has 82 valence electrons. The van der Waals surface area contributed by atoms with E-state index in [9.17, 15) is 13.0 Å². The van der Waals surface area contributed by atoms with Crippen LogP contribution in [0.3, 0.4) is 0 Å². The fourth-order valence-electron chi connectivity index (χ4n) is 1.54. The molecule has 0 radical (unpaired) electrons. The van der Waals surface area contributed by atoms with Gasteiger partial charge in [-0.15, -0.1) is 0 Å². The summed E-state index contributed by atoms with van der Waals surface area (Å²) >= 11 is 0. The maximum absolute atomic E-state index is 12.9. The fourth-order valence-corrected chi connectivity index (χ4v) is 2.77. The van der Waals surface area contributed by atoms with Gasteiger partial charge in [0.2, 0.25) is 0 Å². The van der Waals surface area contributed by atoms with Crippen molar-refractivity contribution in [2.45, 2.75) is 17.5 Å². The summed E-state index contributed by atoms with van der Waals surface area (Å²) < 4.78 is 38.9. The van der Waals surface area contributed by atoms with Crippen LogP contribution in [0, 0.1) is 5.82 Å². The maximum Gasteiger partial charge on any atom is 0.127 e. The Kier molecular flexibility index (Phi) is 3.11. The number of benzene rings is 1. The van der Waals surface area contributed by atoms with Crippen molar-refractivity contribution >= 4 is 11.0 Å². The van der Waals surface area contributed by atoms with E-state index in [-0.39, 0.29) is 12.4 Å². The van der Waals surface area contributed by atoms with Crippen LogP contribution in [0.25, 0.3) is 0 Å². The molecule has 1 aromatic carbocycles. The number of halogens is 2. The third-order valence-electron chi connectivity index (χ3n) is 2.34. The third-order valence-corrected chi connectivity index (χ3v) is 3.82. The Morgan fingerprint density at radius 3 is 2.53 bits per heavy atom. The highest BCUT2D eigenvalue weighted by Gasteiger charge is 2.26. The van der Waals surface area contributed by atoms with Crippen LogP contribution in [-0.4, -0.2) is 27.8 Å². The first-order valence-electron chi connectivity index (χ1n) is 4.73. The summed E-state index contributed by atoms with van der Waals surface area (Å²) in [6, 6.07) is 5.46. The van der Waals surface area contributed by atoms with Crippen molar-refractivity contribution < 1.29 is 13.0 Å². The van der Waals surface area contributed by atoms with E-state index in [0.29, 0.717) is 17.9 Å². The Hall–Kier alpha value is -0.810. The van der Waals surface area contributed by atoms with E-state index in [1.165, 1.54) is 24.3 Å². The number of hydrogen-bond donors (Lipinski definition) is 0. The van der Waals surface area contributed by atoms with Gasteiger partial charge in [-0.1, -0.05) is 0 Å². The molecule has 0 aliphatic carbocycles. The first kappa shape index (κ1) is 10.7. The van der Waals surface area contributed by atoms with E-state index in [1.54, 1.807) is 4.31 Å². The average Bonchev–Trinajstić information content (AvgIpc) is 2.65. The molecule has 1 heterocycles. The molecule has 1 aliphatic rings. The number of hydrogen-bond acceptors (Lipinski definition) is 1. The minimum absolute atomic E-state index is 0.198. The lowest BCUT2D eigenvalue weighted by molar-refractivity contribution is 0.347. The lowest BCUT2D eigenvalue weighted by Crippen LogP contribution is -2.23.